The lowest BCUT2D eigenvalue weighted by atomic mass is 10.1. The molecule has 1 aliphatic rings. The normalized spacial score (nSPS) is 26.5. The molecule has 0 saturated carbocycles. The smallest absolute Gasteiger partial charge is 0.151 e. The van der Waals surface area contributed by atoms with Crippen molar-refractivity contribution in [3.05, 3.63) is 16.1 Å². The van der Waals surface area contributed by atoms with Crippen LogP contribution in [0.25, 0.3) is 0 Å². The number of hydrogen-bond donors (Lipinski definition) is 1. The molecule has 2 rings (SSSR count). The highest BCUT2D eigenvalue weighted by Crippen LogP contribution is 2.31. The van der Waals surface area contributed by atoms with Gasteiger partial charge in [-0.1, -0.05) is 0 Å². The van der Waals surface area contributed by atoms with Gasteiger partial charge in [0.1, 0.15) is 0 Å². The summed E-state index contributed by atoms with van der Waals surface area (Å²) in [4.78, 5) is 4.43. The van der Waals surface area contributed by atoms with Crippen LogP contribution in [0.1, 0.15) is 42.4 Å². The molecule has 1 saturated heterocycles. The van der Waals surface area contributed by atoms with Gasteiger partial charge in [-0.2, -0.15) is 0 Å². The molecule has 1 aliphatic heterocycles. The number of nitrogens with zero attached hydrogens (tertiary/aromatic N) is 1. The van der Waals surface area contributed by atoms with Crippen molar-refractivity contribution in [2.24, 2.45) is 5.73 Å². The molecule has 4 nitrogen and oxygen atoms in total. The molecule has 0 bridgehead atoms. The lowest BCUT2D eigenvalue weighted by Gasteiger charge is -2.19. The van der Waals surface area contributed by atoms with Crippen LogP contribution in [0.2, 0.25) is 0 Å². The van der Waals surface area contributed by atoms with Gasteiger partial charge in [-0.3, -0.25) is 0 Å². The Morgan fingerprint density at radius 1 is 1.62 bits per heavy atom. The van der Waals surface area contributed by atoms with Crippen molar-refractivity contribution in [3.8, 4) is 0 Å². The van der Waals surface area contributed by atoms with E-state index in [2.05, 4.69) is 4.98 Å². The van der Waals surface area contributed by atoms with Crippen molar-refractivity contribution in [2.45, 2.75) is 31.7 Å². The Hall–Kier alpha value is -0.460. The Kier molecular flexibility index (Phi) is 3.32. The molecule has 0 aromatic carbocycles. The van der Waals surface area contributed by atoms with E-state index >= 15 is 0 Å². The fourth-order valence-electron chi connectivity index (χ4n) is 1.91. The van der Waals surface area contributed by atoms with E-state index in [1.54, 1.807) is 0 Å². The van der Waals surface area contributed by atoms with Gasteiger partial charge in [0.2, 0.25) is 0 Å². The molecule has 2 heterocycles. The summed E-state index contributed by atoms with van der Waals surface area (Å²) >= 11 is 1.53. The second kappa shape index (κ2) is 4.43. The maximum Gasteiger partial charge on any atom is 0.151 e. The van der Waals surface area contributed by atoms with Crippen molar-refractivity contribution >= 4 is 21.2 Å². The molecule has 90 valence electrons. The molecule has 2 N–H and O–H groups in total. The summed E-state index contributed by atoms with van der Waals surface area (Å²) < 4.78 is 23.1. The second-order valence-electron chi connectivity index (χ2n) is 4.35. The lowest BCUT2D eigenvalue weighted by molar-refractivity contribution is 0.552. The van der Waals surface area contributed by atoms with Gasteiger partial charge in [0.05, 0.1) is 22.2 Å². The van der Waals surface area contributed by atoms with Gasteiger partial charge in [0.25, 0.3) is 0 Å². The highest BCUT2D eigenvalue weighted by Gasteiger charge is 2.28. The van der Waals surface area contributed by atoms with Crippen LogP contribution in [0.15, 0.2) is 5.38 Å². The summed E-state index contributed by atoms with van der Waals surface area (Å²) in [6.45, 7) is 1.89. The van der Waals surface area contributed by atoms with E-state index in [0.717, 1.165) is 23.5 Å². The number of rotatable bonds is 2. The van der Waals surface area contributed by atoms with Gasteiger partial charge in [0.15, 0.2) is 9.84 Å². The molecule has 16 heavy (non-hydrogen) atoms. The third-order valence-corrected chi connectivity index (χ3v) is 5.66. The average Bonchev–Trinajstić information content (AvgIpc) is 2.64. The zero-order valence-electron chi connectivity index (χ0n) is 9.22. The van der Waals surface area contributed by atoms with E-state index in [1.165, 1.54) is 11.3 Å². The Morgan fingerprint density at radius 3 is 2.94 bits per heavy atom. The first-order chi connectivity index (χ1) is 7.48. The highest BCUT2D eigenvalue weighted by molar-refractivity contribution is 7.91. The summed E-state index contributed by atoms with van der Waals surface area (Å²) in [7, 11) is -2.86. The lowest BCUT2D eigenvalue weighted by Crippen LogP contribution is -2.23. The topological polar surface area (TPSA) is 73.1 Å². The fourth-order valence-corrected chi connectivity index (χ4v) is 4.79. The van der Waals surface area contributed by atoms with Crippen LogP contribution < -0.4 is 5.73 Å². The monoisotopic (exact) mass is 260 g/mol. The first kappa shape index (κ1) is 12.0. The molecule has 0 spiro atoms. The van der Waals surface area contributed by atoms with Crippen LogP contribution in [0.4, 0.5) is 0 Å². The van der Waals surface area contributed by atoms with E-state index in [1.807, 2.05) is 12.3 Å². The van der Waals surface area contributed by atoms with Gasteiger partial charge in [0, 0.05) is 17.3 Å². The Morgan fingerprint density at radius 2 is 2.38 bits per heavy atom. The molecular weight excluding hydrogens is 244 g/mol. The van der Waals surface area contributed by atoms with Crippen LogP contribution in [0, 0.1) is 0 Å². The standard InChI is InChI=1S/C10H16N2O2S2/c1-7(11)9-5-15-10(12-9)8-3-2-4-16(13,14)6-8/h5,7-8H,2-4,6,11H2,1H3. The molecule has 1 fully saturated rings. The molecule has 0 radical (unpaired) electrons. The van der Waals surface area contributed by atoms with Gasteiger partial charge in [-0.15, -0.1) is 11.3 Å². The summed E-state index contributed by atoms with van der Waals surface area (Å²) in [5, 5.41) is 2.86. The quantitative estimate of drug-likeness (QED) is 0.873. The predicted molar refractivity (Wildman–Crippen MR) is 65.3 cm³/mol. The highest BCUT2D eigenvalue weighted by atomic mass is 32.2. The van der Waals surface area contributed by atoms with Crippen molar-refractivity contribution in [1.82, 2.24) is 4.98 Å². The molecule has 1 aromatic rings. The van der Waals surface area contributed by atoms with Crippen molar-refractivity contribution in [1.29, 1.82) is 0 Å². The summed E-state index contributed by atoms with van der Waals surface area (Å²) in [5.41, 5.74) is 6.60. The van der Waals surface area contributed by atoms with Crippen molar-refractivity contribution in [2.75, 3.05) is 11.5 Å². The van der Waals surface area contributed by atoms with E-state index in [0.29, 0.717) is 5.75 Å². The third-order valence-electron chi connectivity index (χ3n) is 2.82. The SMILES string of the molecule is CC(N)c1csc(C2CCCS(=O)(=O)C2)n1. The minimum Gasteiger partial charge on any atom is -0.323 e. The molecular formula is C10H16N2O2S2. The fraction of sp³-hybridized carbons (Fsp3) is 0.700. The number of aromatic nitrogens is 1. The Labute approximate surface area is 99.8 Å². The van der Waals surface area contributed by atoms with Gasteiger partial charge in [-0.25, -0.2) is 13.4 Å². The van der Waals surface area contributed by atoms with Gasteiger partial charge < -0.3 is 5.73 Å². The first-order valence-corrected chi connectivity index (χ1v) is 8.09. The Balaban J connectivity index is 2.17. The number of thiazole rings is 1. The predicted octanol–water partition coefficient (Wildman–Crippen LogP) is 1.46. The third kappa shape index (κ3) is 2.61. The summed E-state index contributed by atoms with van der Waals surface area (Å²) in [6, 6.07) is -0.0785. The minimum atomic E-state index is -2.86. The van der Waals surface area contributed by atoms with E-state index in [9.17, 15) is 8.42 Å². The molecule has 0 aliphatic carbocycles. The van der Waals surface area contributed by atoms with Crippen LogP contribution >= 0.6 is 11.3 Å². The van der Waals surface area contributed by atoms with Crippen LogP contribution in [0.5, 0.6) is 0 Å². The largest absolute Gasteiger partial charge is 0.323 e. The van der Waals surface area contributed by atoms with Crippen LogP contribution in [0.3, 0.4) is 0 Å². The first-order valence-electron chi connectivity index (χ1n) is 5.39. The summed E-state index contributed by atoms with van der Waals surface area (Å²) in [6.07, 6.45) is 1.67. The second-order valence-corrected chi connectivity index (χ2v) is 7.47. The van der Waals surface area contributed by atoms with Gasteiger partial charge in [-0.05, 0) is 19.8 Å². The van der Waals surface area contributed by atoms with Crippen LogP contribution in [-0.4, -0.2) is 24.9 Å². The summed E-state index contributed by atoms with van der Waals surface area (Å²) in [5.74, 6) is 0.657. The number of hydrogen-bond acceptors (Lipinski definition) is 5. The van der Waals surface area contributed by atoms with Crippen molar-refractivity contribution in [3.63, 3.8) is 0 Å². The van der Waals surface area contributed by atoms with Gasteiger partial charge >= 0.3 is 0 Å². The molecule has 6 heteroatoms. The number of sulfone groups is 1. The zero-order valence-corrected chi connectivity index (χ0v) is 10.9. The van der Waals surface area contributed by atoms with E-state index < -0.39 is 9.84 Å². The molecule has 2 unspecified atom stereocenters. The molecule has 0 amide bonds. The molecule has 1 aromatic heterocycles. The van der Waals surface area contributed by atoms with Crippen molar-refractivity contribution < 1.29 is 8.42 Å². The maximum atomic E-state index is 11.5. The Bertz CT molecular complexity index is 465. The maximum absolute atomic E-state index is 11.5. The van der Waals surface area contributed by atoms with Crippen LogP contribution in [-0.2, 0) is 9.84 Å². The zero-order chi connectivity index (χ0) is 11.8. The van der Waals surface area contributed by atoms with E-state index in [4.69, 9.17) is 5.73 Å². The van der Waals surface area contributed by atoms with E-state index in [-0.39, 0.29) is 17.7 Å². The minimum absolute atomic E-state index is 0.0785. The molecule has 2 atom stereocenters. The average molecular weight is 260 g/mol. The number of nitrogens with two attached hydrogens (primary N) is 1.